The quantitative estimate of drug-likeness (QED) is 0.876. The fraction of sp³-hybridized carbons (Fsp3) is 0.538. The second-order valence-corrected chi connectivity index (χ2v) is 7.32. The molecule has 112 valence electrons. The maximum Gasteiger partial charge on any atom is 0.150 e. The summed E-state index contributed by atoms with van der Waals surface area (Å²) in [6.45, 7) is 0.0606. The van der Waals surface area contributed by atoms with Gasteiger partial charge >= 0.3 is 0 Å². The van der Waals surface area contributed by atoms with E-state index in [1.165, 1.54) is 0 Å². The third-order valence-electron chi connectivity index (χ3n) is 3.47. The van der Waals surface area contributed by atoms with Crippen molar-refractivity contribution in [2.45, 2.75) is 25.0 Å². The minimum absolute atomic E-state index is 0.0233. The molecule has 0 amide bonds. The first kappa shape index (κ1) is 15.3. The standard InChI is InChI=1S/C13H17F2NO3S/c14-9-1-2-12(15)11(7-9)13(17)8-16-10-3-5-20(18,19)6-4-10/h1-2,7,10,13,16-17H,3-6,8H2. The Bertz CT molecular complexity index is 563. The van der Waals surface area contributed by atoms with E-state index in [9.17, 15) is 22.3 Å². The number of sulfone groups is 1. The summed E-state index contributed by atoms with van der Waals surface area (Å²) in [4.78, 5) is 0. The highest BCUT2D eigenvalue weighted by molar-refractivity contribution is 7.91. The van der Waals surface area contributed by atoms with Crippen LogP contribution in [0.5, 0.6) is 0 Å². The molecule has 1 aromatic rings. The number of hydrogen-bond donors (Lipinski definition) is 2. The van der Waals surface area contributed by atoms with Crippen molar-refractivity contribution in [1.29, 1.82) is 0 Å². The Labute approximate surface area is 116 Å². The third kappa shape index (κ3) is 3.97. The van der Waals surface area contributed by atoms with E-state index >= 15 is 0 Å². The maximum atomic E-state index is 13.5. The molecular weight excluding hydrogens is 288 g/mol. The first-order valence-corrected chi connectivity index (χ1v) is 8.26. The second kappa shape index (κ2) is 6.15. The van der Waals surface area contributed by atoms with Crippen LogP contribution < -0.4 is 5.32 Å². The predicted molar refractivity (Wildman–Crippen MR) is 71.0 cm³/mol. The van der Waals surface area contributed by atoms with E-state index in [4.69, 9.17) is 0 Å². The SMILES string of the molecule is O=S1(=O)CCC(NCC(O)c2cc(F)ccc2F)CC1. The fourth-order valence-corrected chi connectivity index (χ4v) is 3.74. The highest BCUT2D eigenvalue weighted by Crippen LogP contribution is 2.19. The molecule has 1 aliphatic heterocycles. The van der Waals surface area contributed by atoms with Crippen molar-refractivity contribution in [2.24, 2.45) is 0 Å². The van der Waals surface area contributed by atoms with Crippen LogP contribution >= 0.6 is 0 Å². The van der Waals surface area contributed by atoms with Gasteiger partial charge in [-0.3, -0.25) is 0 Å². The van der Waals surface area contributed by atoms with Gasteiger partial charge in [-0.2, -0.15) is 0 Å². The van der Waals surface area contributed by atoms with Crippen LogP contribution in [0.2, 0.25) is 0 Å². The van der Waals surface area contributed by atoms with Gasteiger partial charge in [0.25, 0.3) is 0 Å². The van der Waals surface area contributed by atoms with E-state index in [0.29, 0.717) is 12.8 Å². The number of hydrogen-bond acceptors (Lipinski definition) is 4. The molecule has 0 bridgehead atoms. The zero-order valence-corrected chi connectivity index (χ0v) is 11.7. The summed E-state index contributed by atoms with van der Waals surface area (Å²) in [5.41, 5.74) is -0.0964. The minimum atomic E-state index is -2.93. The lowest BCUT2D eigenvalue weighted by atomic mass is 10.1. The van der Waals surface area contributed by atoms with Crippen molar-refractivity contribution >= 4 is 9.84 Å². The van der Waals surface area contributed by atoms with Gasteiger partial charge < -0.3 is 10.4 Å². The molecule has 1 unspecified atom stereocenters. The molecule has 20 heavy (non-hydrogen) atoms. The average molecular weight is 305 g/mol. The molecule has 1 fully saturated rings. The number of aliphatic hydroxyl groups excluding tert-OH is 1. The van der Waals surface area contributed by atoms with Crippen molar-refractivity contribution in [3.8, 4) is 0 Å². The molecule has 1 aromatic carbocycles. The van der Waals surface area contributed by atoms with E-state index in [1.807, 2.05) is 0 Å². The third-order valence-corrected chi connectivity index (χ3v) is 5.19. The molecular formula is C13H17F2NO3S. The molecule has 7 heteroatoms. The molecule has 2 rings (SSSR count). The van der Waals surface area contributed by atoms with Gasteiger partial charge in [0, 0.05) is 18.2 Å². The lowest BCUT2D eigenvalue weighted by Crippen LogP contribution is -2.39. The number of rotatable bonds is 4. The normalized spacial score (nSPS) is 20.8. The lowest BCUT2D eigenvalue weighted by Gasteiger charge is -2.24. The van der Waals surface area contributed by atoms with Crippen molar-refractivity contribution in [2.75, 3.05) is 18.1 Å². The van der Waals surface area contributed by atoms with Crippen LogP contribution in [0.25, 0.3) is 0 Å². The molecule has 1 saturated heterocycles. The maximum absolute atomic E-state index is 13.5. The van der Waals surface area contributed by atoms with E-state index in [0.717, 1.165) is 18.2 Å². The van der Waals surface area contributed by atoms with Crippen molar-refractivity contribution in [3.05, 3.63) is 35.4 Å². The summed E-state index contributed by atoms with van der Waals surface area (Å²) >= 11 is 0. The molecule has 1 atom stereocenters. The smallest absolute Gasteiger partial charge is 0.150 e. The highest BCUT2D eigenvalue weighted by atomic mass is 32.2. The second-order valence-electron chi connectivity index (χ2n) is 5.02. The Balaban J connectivity index is 1.89. The van der Waals surface area contributed by atoms with Gasteiger partial charge in [0.15, 0.2) is 0 Å². The van der Waals surface area contributed by atoms with Crippen LogP contribution in [-0.4, -0.2) is 37.6 Å². The first-order valence-electron chi connectivity index (χ1n) is 6.44. The summed E-state index contributed by atoms with van der Waals surface area (Å²) in [5, 5.41) is 12.9. The van der Waals surface area contributed by atoms with Gasteiger partial charge in [0.1, 0.15) is 21.5 Å². The predicted octanol–water partition coefficient (Wildman–Crippen LogP) is 1.17. The van der Waals surface area contributed by atoms with Crippen LogP contribution in [0.15, 0.2) is 18.2 Å². The molecule has 0 aliphatic carbocycles. The fourth-order valence-electron chi connectivity index (χ4n) is 2.25. The van der Waals surface area contributed by atoms with Crippen molar-refractivity contribution in [3.63, 3.8) is 0 Å². The van der Waals surface area contributed by atoms with E-state index in [-0.39, 0.29) is 29.7 Å². The van der Waals surface area contributed by atoms with E-state index in [2.05, 4.69) is 5.32 Å². The molecule has 0 aromatic heterocycles. The summed E-state index contributed by atoms with van der Waals surface area (Å²) in [7, 11) is -2.93. The Morgan fingerprint density at radius 3 is 2.60 bits per heavy atom. The van der Waals surface area contributed by atoms with Crippen LogP contribution in [0.4, 0.5) is 8.78 Å². The molecule has 0 radical (unpaired) electrons. The first-order chi connectivity index (χ1) is 9.37. The van der Waals surface area contributed by atoms with E-state index < -0.39 is 27.6 Å². The van der Waals surface area contributed by atoms with Crippen LogP contribution in [0, 0.1) is 11.6 Å². The van der Waals surface area contributed by atoms with Crippen LogP contribution in [0.3, 0.4) is 0 Å². The summed E-state index contributed by atoms with van der Waals surface area (Å²) < 4.78 is 49.0. The Morgan fingerprint density at radius 1 is 1.30 bits per heavy atom. The van der Waals surface area contributed by atoms with Crippen molar-refractivity contribution < 1.29 is 22.3 Å². The van der Waals surface area contributed by atoms with Crippen molar-refractivity contribution in [1.82, 2.24) is 5.32 Å². The molecule has 0 saturated carbocycles. The van der Waals surface area contributed by atoms with E-state index in [1.54, 1.807) is 0 Å². The summed E-state index contributed by atoms with van der Waals surface area (Å²) in [5.74, 6) is -1.03. The zero-order chi connectivity index (χ0) is 14.8. The molecule has 1 heterocycles. The molecule has 0 spiro atoms. The largest absolute Gasteiger partial charge is 0.387 e. The zero-order valence-electron chi connectivity index (χ0n) is 10.9. The Kier molecular flexibility index (Phi) is 4.72. The number of benzene rings is 1. The molecule has 2 N–H and O–H groups in total. The number of nitrogens with one attached hydrogen (secondary N) is 1. The summed E-state index contributed by atoms with van der Waals surface area (Å²) in [6.07, 6.45) is -0.217. The average Bonchev–Trinajstić information content (AvgIpc) is 2.40. The number of aliphatic hydroxyl groups is 1. The van der Waals surface area contributed by atoms with Gasteiger partial charge in [0.05, 0.1) is 17.6 Å². The Morgan fingerprint density at radius 2 is 1.95 bits per heavy atom. The van der Waals surface area contributed by atoms with Gasteiger partial charge in [0.2, 0.25) is 0 Å². The van der Waals surface area contributed by atoms with Crippen LogP contribution in [0.1, 0.15) is 24.5 Å². The Hall–Kier alpha value is -1.05. The monoisotopic (exact) mass is 305 g/mol. The topological polar surface area (TPSA) is 66.4 Å². The highest BCUT2D eigenvalue weighted by Gasteiger charge is 2.24. The van der Waals surface area contributed by atoms with Gasteiger partial charge in [-0.05, 0) is 31.0 Å². The number of halogens is 2. The van der Waals surface area contributed by atoms with Gasteiger partial charge in [-0.15, -0.1) is 0 Å². The van der Waals surface area contributed by atoms with Gasteiger partial charge in [-0.25, -0.2) is 17.2 Å². The minimum Gasteiger partial charge on any atom is -0.387 e. The van der Waals surface area contributed by atoms with Crippen LogP contribution in [-0.2, 0) is 9.84 Å². The molecule has 1 aliphatic rings. The van der Waals surface area contributed by atoms with Gasteiger partial charge in [-0.1, -0.05) is 0 Å². The molecule has 4 nitrogen and oxygen atoms in total. The lowest BCUT2D eigenvalue weighted by molar-refractivity contribution is 0.163. The summed E-state index contributed by atoms with van der Waals surface area (Å²) in [6, 6.07) is 2.91.